The number of carbonyl (C=O) groups excluding carboxylic acids is 1. The number of primary sulfonamides is 1. The molecule has 0 bridgehead atoms. The Balaban J connectivity index is 1.87. The topological polar surface area (TPSA) is 95.7 Å². The summed E-state index contributed by atoms with van der Waals surface area (Å²) in [6.07, 6.45) is 0.898. The predicted molar refractivity (Wildman–Crippen MR) is 117 cm³/mol. The second kappa shape index (κ2) is 8.42. The second-order valence-corrected chi connectivity index (χ2v) is 8.82. The summed E-state index contributed by atoms with van der Waals surface area (Å²) in [6, 6.07) is 12.9. The van der Waals surface area contributed by atoms with Gasteiger partial charge in [-0.25, -0.2) is 13.6 Å². The summed E-state index contributed by atoms with van der Waals surface area (Å²) >= 11 is 0. The van der Waals surface area contributed by atoms with E-state index < -0.39 is 10.0 Å². The Bertz CT molecular complexity index is 1000. The van der Waals surface area contributed by atoms with Crippen LogP contribution >= 0.6 is 0 Å². The molecule has 0 aromatic heterocycles. The van der Waals surface area contributed by atoms with Crippen LogP contribution in [-0.2, 0) is 21.2 Å². The molecule has 0 saturated carbocycles. The number of nitrogens with one attached hydrogen (secondary N) is 1. The minimum atomic E-state index is -3.87. The van der Waals surface area contributed by atoms with Crippen LogP contribution in [0.3, 0.4) is 0 Å². The summed E-state index contributed by atoms with van der Waals surface area (Å²) < 4.78 is 23.6. The van der Waals surface area contributed by atoms with Gasteiger partial charge in [0, 0.05) is 24.8 Å². The monoisotopic (exact) mass is 416 g/mol. The molecule has 0 radical (unpaired) electrons. The average molecular weight is 417 g/mol. The Morgan fingerprint density at radius 3 is 2.55 bits per heavy atom. The van der Waals surface area contributed by atoms with Crippen molar-refractivity contribution in [3.8, 4) is 0 Å². The number of para-hydroxylation sites is 1. The van der Waals surface area contributed by atoms with Crippen LogP contribution in [0.25, 0.3) is 0 Å². The van der Waals surface area contributed by atoms with Crippen molar-refractivity contribution in [2.45, 2.75) is 38.1 Å². The maximum atomic E-state index is 12.9. The van der Waals surface area contributed by atoms with Crippen LogP contribution in [0.5, 0.6) is 0 Å². The molecule has 0 unspecified atom stereocenters. The van der Waals surface area contributed by atoms with Gasteiger partial charge in [-0.3, -0.25) is 4.79 Å². The molecule has 0 spiro atoms. The lowest BCUT2D eigenvalue weighted by molar-refractivity contribution is -0.115. The molecule has 2 aromatic carbocycles. The third kappa shape index (κ3) is 4.54. The van der Waals surface area contributed by atoms with Crippen molar-refractivity contribution in [2.24, 2.45) is 5.14 Å². The van der Waals surface area contributed by atoms with Crippen LogP contribution in [0.4, 0.5) is 17.1 Å². The number of anilines is 3. The quantitative estimate of drug-likeness (QED) is 0.723. The number of fused-ring (bicyclic) bond motifs is 1. The number of nitrogens with zero attached hydrogens (tertiary/aromatic N) is 2. The number of amides is 1. The fourth-order valence-electron chi connectivity index (χ4n) is 3.85. The Kier molecular flexibility index (Phi) is 6.14. The highest BCUT2D eigenvalue weighted by Crippen LogP contribution is 2.32. The molecule has 1 atom stereocenters. The van der Waals surface area contributed by atoms with Gasteiger partial charge < -0.3 is 15.1 Å². The van der Waals surface area contributed by atoms with Gasteiger partial charge in [0.25, 0.3) is 0 Å². The zero-order chi connectivity index (χ0) is 21.2. The first-order valence-corrected chi connectivity index (χ1v) is 11.4. The Labute approximate surface area is 172 Å². The van der Waals surface area contributed by atoms with Crippen molar-refractivity contribution in [1.29, 1.82) is 0 Å². The number of hydrogen-bond acceptors (Lipinski definition) is 5. The normalized spacial score (nSPS) is 15.9. The number of rotatable bonds is 7. The van der Waals surface area contributed by atoms with Gasteiger partial charge >= 0.3 is 0 Å². The zero-order valence-electron chi connectivity index (χ0n) is 17.1. The SMILES string of the molecule is CCN(CC)c1ccc(S(N)(=O)=O)cc1NC(=O)CN1c2ccccc2C[C@H]1C. The Morgan fingerprint density at radius 1 is 1.21 bits per heavy atom. The molecule has 7 nitrogen and oxygen atoms in total. The summed E-state index contributed by atoms with van der Waals surface area (Å²) in [7, 11) is -3.87. The third-order valence-electron chi connectivity index (χ3n) is 5.34. The van der Waals surface area contributed by atoms with Crippen LogP contribution in [0.1, 0.15) is 26.3 Å². The fraction of sp³-hybridized carbons (Fsp3) is 0.381. The van der Waals surface area contributed by atoms with E-state index in [9.17, 15) is 13.2 Å². The van der Waals surface area contributed by atoms with Gasteiger partial charge in [-0.2, -0.15) is 0 Å². The summed E-state index contributed by atoms with van der Waals surface area (Å²) in [5, 5.41) is 8.20. The molecule has 8 heteroatoms. The van der Waals surface area contributed by atoms with E-state index in [-0.39, 0.29) is 23.4 Å². The van der Waals surface area contributed by atoms with Gasteiger partial charge in [0.15, 0.2) is 0 Å². The van der Waals surface area contributed by atoms with Crippen LogP contribution < -0.4 is 20.3 Å². The highest BCUT2D eigenvalue weighted by molar-refractivity contribution is 7.89. The average Bonchev–Trinajstić information content (AvgIpc) is 2.98. The van der Waals surface area contributed by atoms with Crippen molar-refractivity contribution in [3.63, 3.8) is 0 Å². The second-order valence-electron chi connectivity index (χ2n) is 7.25. The standard InChI is InChI=1S/C21H28N4O3S/c1-4-24(5-2)20-11-10-17(29(22,27)28)13-18(20)23-21(26)14-25-15(3)12-16-8-6-7-9-19(16)25/h6-11,13,15H,4-5,12,14H2,1-3H3,(H,23,26)(H2,22,27,28)/t15-/m1/s1. The van der Waals surface area contributed by atoms with E-state index in [1.165, 1.54) is 17.7 Å². The largest absolute Gasteiger partial charge is 0.370 e. The lowest BCUT2D eigenvalue weighted by Crippen LogP contribution is -2.37. The summed E-state index contributed by atoms with van der Waals surface area (Å²) in [4.78, 5) is 17.0. The molecule has 3 N–H and O–H groups in total. The zero-order valence-corrected chi connectivity index (χ0v) is 17.9. The van der Waals surface area contributed by atoms with E-state index in [2.05, 4.69) is 28.1 Å². The number of carbonyl (C=O) groups is 1. The molecule has 1 aliphatic rings. The molecule has 2 aromatic rings. The van der Waals surface area contributed by atoms with E-state index in [1.807, 2.05) is 32.0 Å². The van der Waals surface area contributed by atoms with Gasteiger partial charge in [-0.15, -0.1) is 0 Å². The summed E-state index contributed by atoms with van der Waals surface area (Å²) in [5.41, 5.74) is 3.52. The number of sulfonamides is 1. The summed E-state index contributed by atoms with van der Waals surface area (Å²) in [6.45, 7) is 7.75. The molecule has 156 valence electrons. The number of hydrogen-bond donors (Lipinski definition) is 2. The highest BCUT2D eigenvalue weighted by atomic mass is 32.2. The predicted octanol–water partition coefficient (Wildman–Crippen LogP) is 2.57. The van der Waals surface area contributed by atoms with E-state index in [4.69, 9.17) is 5.14 Å². The minimum absolute atomic E-state index is 0.0245. The van der Waals surface area contributed by atoms with Crippen LogP contribution in [0.2, 0.25) is 0 Å². The van der Waals surface area contributed by atoms with Crippen molar-refractivity contribution in [2.75, 3.05) is 34.8 Å². The fourth-order valence-corrected chi connectivity index (χ4v) is 4.39. The van der Waals surface area contributed by atoms with E-state index in [1.54, 1.807) is 6.07 Å². The van der Waals surface area contributed by atoms with Crippen molar-refractivity contribution in [3.05, 3.63) is 48.0 Å². The number of nitrogens with two attached hydrogens (primary N) is 1. The van der Waals surface area contributed by atoms with Crippen molar-refractivity contribution >= 4 is 33.0 Å². The van der Waals surface area contributed by atoms with E-state index >= 15 is 0 Å². The molecule has 1 amide bonds. The van der Waals surface area contributed by atoms with Crippen molar-refractivity contribution in [1.82, 2.24) is 0 Å². The number of benzene rings is 2. The van der Waals surface area contributed by atoms with Gasteiger partial charge in [0.05, 0.1) is 22.8 Å². The maximum absolute atomic E-state index is 12.9. The first-order chi connectivity index (χ1) is 13.7. The van der Waals surface area contributed by atoms with Crippen molar-refractivity contribution < 1.29 is 13.2 Å². The first-order valence-electron chi connectivity index (χ1n) is 9.80. The highest BCUT2D eigenvalue weighted by Gasteiger charge is 2.27. The molecule has 0 aliphatic carbocycles. The first kappa shape index (κ1) is 21.1. The molecular formula is C21H28N4O3S. The van der Waals surface area contributed by atoms with Gasteiger partial charge in [-0.05, 0) is 57.0 Å². The lowest BCUT2D eigenvalue weighted by Gasteiger charge is -2.27. The minimum Gasteiger partial charge on any atom is -0.370 e. The van der Waals surface area contributed by atoms with E-state index in [0.717, 1.165) is 30.9 Å². The van der Waals surface area contributed by atoms with Crippen LogP contribution in [0, 0.1) is 0 Å². The molecule has 0 fully saturated rings. The van der Waals surface area contributed by atoms with Gasteiger partial charge in [0.1, 0.15) is 0 Å². The molecule has 3 rings (SSSR count). The smallest absolute Gasteiger partial charge is 0.243 e. The molecule has 1 heterocycles. The lowest BCUT2D eigenvalue weighted by atomic mass is 10.1. The third-order valence-corrected chi connectivity index (χ3v) is 6.25. The summed E-state index contributed by atoms with van der Waals surface area (Å²) in [5.74, 6) is -0.200. The van der Waals surface area contributed by atoms with Crippen LogP contribution in [-0.4, -0.2) is 40.0 Å². The van der Waals surface area contributed by atoms with Gasteiger partial charge in [-0.1, -0.05) is 18.2 Å². The van der Waals surface area contributed by atoms with E-state index in [0.29, 0.717) is 5.69 Å². The molecule has 0 saturated heterocycles. The Morgan fingerprint density at radius 2 is 1.90 bits per heavy atom. The van der Waals surface area contributed by atoms with Gasteiger partial charge in [0.2, 0.25) is 15.9 Å². The molecular weight excluding hydrogens is 388 g/mol. The Hall–Kier alpha value is -2.58. The molecule has 1 aliphatic heterocycles. The molecule has 29 heavy (non-hydrogen) atoms. The van der Waals surface area contributed by atoms with Crippen LogP contribution in [0.15, 0.2) is 47.4 Å². The maximum Gasteiger partial charge on any atom is 0.243 e.